The Bertz CT molecular complexity index is 728. The first kappa shape index (κ1) is 15.3. The van der Waals surface area contributed by atoms with Crippen LogP contribution < -0.4 is 15.2 Å². The largest absolute Gasteiger partial charge is 0.495 e. The molecule has 1 aromatic heterocycles. The van der Waals surface area contributed by atoms with Crippen molar-refractivity contribution in [1.29, 1.82) is 0 Å². The normalized spacial score (nSPS) is 11.2. The third-order valence-electron chi connectivity index (χ3n) is 2.93. The average molecular weight is 307 g/mol. The molecule has 0 aliphatic carbocycles. The second-order valence-corrected chi connectivity index (χ2v) is 6.15. The summed E-state index contributed by atoms with van der Waals surface area (Å²) in [5.74, 6) is 0.537. The van der Waals surface area contributed by atoms with E-state index in [4.69, 9.17) is 9.88 Å². The highest BCUT2D eigenvalue weighted by atomic mass is 32.2. The van der Waals surface area contributed by atoms with E-state index >= 15 is 0 Å². The highest BCUT2D eigenvalue weighted by molar-refractivity contribution is 7.89. The second-order valence-electron chi connectivity index (χ2n) is 4.59. The van der Waals surface area contributed by atoms with Crippen LogP contribution in [-0.2, 0) is 16.6 Å². The lowest BCUT2D eigenvalue weighted by Gasteiger charge is -2.12. The number of nitrogens with zero attached hydrogens (tertiary/aromatic N) is 1. The molecule has 0 spiro atoms. The fourth-order valence-electron chi connectivity index (χ4n) is 1.79. The Balaban J connectivity index is 2.23. The summed E-state index contributed by atoms with van der Waals surface area (Å²) in [7, 11) is -2.23. The number of nitrogens with one attached hydrogen (secondary N) is 1. The highest BCUT2D eigenvalue weighted by Gasteiger charge is 2.12. The zero-order chi connectivity index (χ0) is 15.5. The predicted octanol–water partition coefficient (Wildman–Crippen LogP) is 1.66. The molecular weight excluding hydrogens is 290 g/mol. The first-order valence-electron chi connectivity index (χ1n) is 6.26. The summed E-state index contributed by atoms with van der Waals surface area (Å²) in [6.07, 6.45) is 1.77. The van der Waals surface area contributed by atoms with Gasteiger partial charge in [0.1, 0.15) is 5.75 Å². The van der Waals surface area contributed by atoms with Crippen LogP contribution in [-0.4, -0.2) is 20.5 Å². The zero-order valence-electron chi connectivity index (χ0n) is 11.8. The van der Waals surface area contributed by atoms with Crippen molar-refractivity contribution in [2.45, 2.75) is 18.4 Å². The Kier molecular flexibility index (Phi) is 4.44. The van der Waals surface area contributed by atoms with Crippen molar-refractivity contribution in [1.82, 2.24) is 4.98 Å². The minimum atomic E-state index is -3.75. The minimum absolute atomic E-state index is 0.0302. The summed E-state index contributed by atoms with van der Waals surface area (Å²) in [6.45, 7) is 2.41. The zero-order valence-corrected chi connectivity index (χ0v) is 12.6. The van der Waals surface area contributed by atoms with E-state index in [2.05, 4.69) is 10.3 Å². The quantitative estimate of drug-likeness (QED) is 0.876. The van der Waals surface area contributed by atoms with E-state index in [-0.39, 0.29) is 4.90 Å². The van der Waals surface area contributed by atoms with Crippen molar-refractivity contribution in [2.24, 2.45) is 5.14 Å². The molecule has 7 heteroatoms. The van der Waals surface area contributed by atoms with Gasteiger partial charge in [-0.15, -0.1) is 0 Å². The topological polar surface area (TPSA) is 94.3 Å². The van der Waals surface area contributed by atoms with Crippen LogP contribution in [0.2, 0.25) is 0 Å². The van der Waals surface area contributed by atoms with Crippen LogP contribution >= 0.6 is 0 Å². The van der Waals surface area contributed by atoms with Crippen molar-refractivity contribution in [3.05, 3.63) is 47.8 Å². The van der Waals surface area contributed by atoms with Gasteiger partial charge in [-0.05, 0) is 36.8 Å². The van der Waals surface area contributed by atoms with Gasteiger partial charge in [-0.2, -0.15) is 0 Å². The maximum atomic E-state index is 11.4. The van der Waals surface area contributed by atoms with E-state index in [1.807, 2.05) is 19.1 Å². The molecule has 0 atom stereocenters. The fourth-order valence-corrected chi connectivity index (χ4v) is 2.33. The lowest BCUT2D eigenvalue weighted by atomic mass is 10.2. The summed E-state index contributed by atoms with van der Waals surface area (Å²) < 4.78 is 28.0. The monoisotopic (exact) mass is 307 g/mol. The predicted molar refractivity (Wildman–Crippen MR) is 80.7 cm³/mol. The molecule has 0 fully saturated rings. The van der Waals surface area contributed by atoms with Gasteiger partial charge in [0.25, 0.3) is 0 Å². The second kappa shape index (κ2) is 6.11. The number of aromatic nitrogens is 1. The molecule has 0 unspecified atom stereocenters. The number of ether oxygens (including phenoxy) is 1. The van der Waals surface area contributed by atoms with Gasteiger partial charge in [0.05, 0.1) is 29.9 Å². The van der Waals surface area contributed by atoms with Gasteiger partial charge in [-0.1, -0.05) is 6.07 Å². The molecule has 1 heterocycles. The van der Waals surface area contributed by atoms with Crippen LogP contribution in [0, 0.1) is 6.92 Å². The maximum Gasteiger partial charge on any atom is 0.238 e. The molecule has 6 nitrogen and oxygen atoms in total. The summed E-state index contributed by atoms with van der Waals surface area (Å²) in [5.41, 5.74) is 2.46. The number of hydrogen-bond acceptors (Lipinski definition) is 5. The minimum Gasteiger partial charge on any atom is -0.495 e. The smallest absolute Gasteiger partial charge is 0.238 e. The van der Waals surface area contributed by atoms with Gasteiger partial charge in [0.15, 0.2) is 0 Å². The number of nitrogens with two attached hydrogens (primary N) is 1. The van der Waals surface area contributed by atoms with Crippen LogP contribution in [0.3, 0.4) is 0 Å². The number of methoxy groups -OCH3 is 1. The number of anilines is 1. The van der Waals surface area contributed by atoms with Crippen LogP contribution in [0.4, 0.5) is 5.69 Å². The first-order chi connectivity index (χ1) is 9.90. The van der Waals surface area contributed by atoms with Crippen LogP contribution in [0.15, 0.2) is 41.4 Å². The van der Waals surface area contributed by atoms with E-state index in [9.17, 15) is 8.42 Å². The van der Waals surface area contributed by atoms with Gasteiger partial charge in [0.2, 0.25) is 10.0 Å². The lowest BCUT2D eigenvalue weighted by molar-refractivity contribution is 0.416. The molecule has 0 saturated carbocycles. The standard InChI is InChI=1S/C14H17N3O3S/c1-10-3-4-11(16-8-10)9-17-13-7-12(21(15,18)19)5-6-14(13)20-2/h3-8,17H,9H2,1-2H3,(H2,15,18,19). The summed E-state index contributed by atoms with van der Waals surface area (Å²) in [4.78, 5) is 4.30. The lowest BCUT2D eigenvalue weighted by Crippen LogP contribution is -2.13. The van der Waals surface area contributed by atoms with Gasteiger partial charge in [0, 0.05) is 6.20 Å². The molecule has 2 rings (SSSR count). The molecule has 0 aliphatic rings. The molecule has 2 aromatic rings. The summed E-state index contributed by atoms with van der Waals surface area (Å²) >= 11 is 0. The van der Waals surface area contributed by atoms with Gasteiger partial charge in [-0.25, -0.2) is 13.6 Å². The molecule has 0 radical (unpaired) electrons. The Hall–Kier alpha value is -2.12. The highest BCUT2D eigenvalue weighted by Crippen LogP contribution is 2.27. The Morgan fingerprint density at radius 3 is 2.62 bits per heavy atom. The summed E-state index contributed by atoms with van der Waals surface area (Å²) in [5, 5.41) is 8.24. The van der Waals surface area contributed by atoms with Crippen molar-refractivity contribution in [3.8, 4) is 5.75 Å². The number of hydrogen-bond donors (Lipinski definition) is 2. The number of sulfonamides is 1. The molecule has 0 amide bonds. The van der Waals surface area contributed by atoms with Crippen molar-refractivity contribution in [2.75, 3.05) is 12.4 Å². The van der Waals surface area contributed by atoms with Crippen molar-refractivity contribution < 1.29 is 13.2 Å². The van der Waals surface area contributed by atoms with Crippen LogP contribution in [0.5, 0.6) is 5.75 Å². The van der Waals surface area contributed by atoms with E-state index in [1.54, 1.807) is 12.3 Å². The summed E-state index contributed by atoms with van der Waals surface area (Å²) in [6, 6.07) is 8.27. The van der Waals surface area contributed by atoms with E-state index in [0.717, 1.165) is 11.3 Å². The molecule has 112 valence electrons. The molecule has 21 heavy (non-hydrogen) atoms. The maximum absolute atomic E-state index is 11.4. The van der Waals surface area contributed by atoms with Crippen LogP contribution in [0.1, 0.15) is 11.3 Å². The number of pyridine rings is 1. The van der Waals surface area contributed by atoms with Gasteiger partial charge in [-0.3, -0.25) is 4.98 Å². The number of aryl methyl sites for hydroxylation is 1. The number of rotatable bonds is 5. The Labute approximate surface area is 124 Å². The third kappa shape index (κ3) is 3.93. The average Bonchev–Trinajstić information content (AvgIpc) is 2.45. The van der Waals surface area contributed by atoms with Gasteiger partial charge < -0.3 is 10.1 Å². The van der Waals surface area contributed by atoms with E-state index in [0.29, 0.717) is 18.0 Å². The molecule has 0 aliphatic heterocycles. The molecule has 1 aromatic carbocycles. The SMILES string of the molecule is COc1ccc(S(N)(=O)=O)cc1NCc1ccc(C)cn1. The molecule has 3 N–H and O–H groups in total. The van der Waals surface area contributed by atoms with E-state index < -0.39 is 10.0 Å². The Morgan fingerprint density at radius 1 is 1.29 bits per heavy atom. The first-order valence-corrected chi connectivity index (χ1v) is 7.81. The molecule has 0 saturated heterocycles. The number of primary sulfonamides is 1. The third-order valence-corrected chi connectivity index (χ3v) is 3.84. The van der Waals surface area contributed by atoms with Crippen molar-refractivity contribution in [3.63, 3.8) is 0 Å². The van der Waals surface area contributed by atoms with Gasteiger partial charge >= 0.3 is 0 Å². The fraction of sp³-hybridized carbons (Fsp3) is 0.214. The van der Waals surface area contributed by atoms with E-state index in [1.165, 1.54) is 19.2 Å². The Morgan fingerprint density at radius 2 is 2.05 bits per heavy atom. The molecule has 0 bridgehead atoms. The molecular formula is C14H17N3O3S. The van der Waals surface area contributed by atoms with Crippen LogP contribution in [0.25, 0.3) is 0 Å². The van der Waals surface area contributed by atoms with Crippen molar-refractivity contribution >= 4 is 15.7 Å². The number of benzene rings is 1.